The van der Waals surface area contributed by atoms with Crippen molar-refractivity contribution in [3.05, 3.63) is 69.7 Å². The van der Waals surface area contributed by atoms with Gasteiger partial charge in [-0.1, -0.05) is 54.4 Å². The van der Waals surface area contributed by atoms with Gasteiger partial charge in [-0.2, -0.15) is 0 Å². The standard InChI is InChI=1S/C22H23Cl2NO5/c1-2-17(12-26)25-20(13-6-8-15(23)9-7-13)21(14-4-3-5-16(24)10-14)30-18(22(25)29)11-19(27)28/h3-10,17-18,20-21,26H,2,11-12H2,1H3,(H,27,28)/t17-,18+,20+,21-/m0/s1. The minimum Gasteiger partial charge on any atom is -0.481 e. The summed E-state index contributed by atoms with van der Waals surface area (Å²) in [5.41, 5.74) is 1.47. The van der Waals surface area contributed by atoms with Gasteiger partial charge in [0.25, 0.3) is 5.91 Å². The number of carbonyl (C=O) groups excluding carboxylic acids is 1. The van der Waals surface area contributed by atoms with Crippen molar-refractivity contribution in [2.24, 2.45) is 0 Å². The minimum absolute atomic E-state index is 0.256. The number of aliphatic hydroxyl groups excluding tert-OH is 1. The van der Waals surface area contributed by atoms with E-state index in [0.717, 1.165) is 5.56 Å². The molecule has 0 unspecified atom stereocenters. The molecule has 1 fully saturated rings. The molecule has 30 heavy (non-hydrogen) atoms. The van der Waals surface area contributed by atoms with Gasteiger partial charge in [-0.15, -0.1) is 0 Å². The van der Waals surface area contributed by atoms with E-state index < -0.39 is 42.6 Å². The van der Waals surface area contributed by atoms with Crippen molar-refractivity contribution in [2.75, 3.05) is 6.61 Å². The van der Waals surface area contributed by atoms with Gasteiger partial charge in [0, 0.05) is 10.0 Å². The zero-order valence-electron chi connectivity index (χ0n) is 16.4. The van der Waals surface area contributed by atoms with Crippen LogP contribution in [0.1, 0.15) is 43.0 Å². The monoisotopic (exact) mass is 451 g/mol. The molecule has 0 aliphatic carbocycles. The fraction of sp³-hybridized carbons (Fsp3) is 0.364. The molecule has 6 nitrogen and oxygen atoms in total. The molecule has 1 amide bonds. The van der Waals surface area contributed by atoms with Crippen LogP contribution in [0.2, 0.25) is 10.0 Å². The molecule has 0 spiro atoms. The molecule has 0 bridgehead atoms. The van der Waals surface area contributed by atoms with Gasteiger partial charge in [-0.3, -0.25) is 9.59 Å². The molecule has 3 rings (SSSR count). The number of hydrogen-bond donors (Lipinski definition) is 2. The summed E-state index contributed by atoms with van der Waals surface area (Å²) >= 11 is 12.2. The van der Waals surface area contributed by atoms with E-state index in [-0.39, 0.29) is 6.61 Å². The number of amides is 1. The van der Waals surface area contributed by atoms with E-state index in [1.54, 1.807) is 47.4 Å². The fourth-order valence-electron chi connectivity index (χ4n) is 3.81. The van der Waals surface area contributed by atoms with Gasteiger partial charge in [-0.05, 0) is 41.8 Å². The second-order valence-electron chi connectivity index (χ2n) is 7.18. The number of hydrogen-bond acceptors (Lipinski definition) is 4. The second kappa shape index (κ2) is 9.79. The molecule has 1 aliphatic rings. The number of ether oxygens (including phenoxy) is 1. The predicted octanol–water partition coefficient (Wildman–Crippen LogP) is 4.25. The Kier molecular flexibility index (Phi) is 7.36. The third-order valence-corrected chi connectivity index (χ3v) is 5.74. The van der Waals surface area contributed by atoms with Crippen molar-refractivity contribution < 1.29 is 24.5 Å². The molecule has 2 aromatic carbocycles. The SMILES string of the molecule is CC[C@@H](CO)N1C(=O)[C@@H](CC(=O)O)O[C@@H](c2cccc(Cl)c2)[C@H]1c1ccc(Cl)cc1. The van der Waals surface area contributed by atoms with E-state index in [9.17, 15) is 19.8 Å². The molecule has 4 atom stereocenters. The first-order valence-electron chi connectivity index (χ1n) is 9.66. The van der Waals surface area contributed by atoms with Crippen molar-refractivity contribution in [1.82, 2.24) is 4.90 Å². The molecule has 160 valence electrons. The van der Waals surface area contributed by atoms with Crippen LogP contribution in [0.15, 0.2) is 48.5 Å². The van der Waals surface area contributed by atoms with Crippen molar-refractivity contribution in [3.8, 4) is 0 Å². The lowest BCUT2D eigenvalue weighted by molar-refractivity contribution is -0.184. The first-order valence-corrected chi connectivity index (χ1v) is 10.4. The highest BCUT2D eigenvalue weighted by molar-refractivity contribution is 6.30. The van der Waals surface area contributed by atoms with Crippen LogP contribution >= 0.6 is 23.2 Å². The Morgan fingerprint density at radius 2 is 1.83 bits per heavy atom. The van der Waals surface area contributed by atoms with Gasteiger partial charge in [-0.25, -0.2) is 0 Å². The van der Waals surface area contributed by atoms with E-state index in [2.05, 4.69) is 0 Å². The van der Waals surface area contributed by atoms with Gasteiger partial charge in [0.2, 0.25) is 0 Å². The molecular weight excluding hydrogens is 429 g/mol. The predicted molar refractivity (Wildman–Crippen MR) is 114 cm³/mol. The van der Waals surface area contributed by atoms with Crippen LogP contribution in [0.3, 0.4) is 0 Å². The quantitative estimate of drug-likeness (QED) is 0.656. The maximum absolute atomic E-state index is 13.3. The summed E-state index contributed by atoms with van der Waals surface area (Å²) in [6, 6.07) is 13.0. The second-order valence-corrected chi connectivity index (χ2v) is 8.06. The maximum atomic E-state index is 13.3. The maximum Gasteiger partial charge on any atom is 0.306 e. The summed E-state index contributed by atoms with van der Waals surface area (Å²) in [5.74, 6) is -1.60. The highest BCUT2D eigenvalue weighted by Gasteiger charge is 2.46. The summed E-state index contributed by atoms with van der Waals surface area (Å²) in [6.07, 6.45) is -1.82. The number of aliphatic hydroxyl groups is 1. The summed E-state index contributed by atoms with van der Waals surface area (Å²) in [5, 5.41) is 20.3. The Balaban J connectivity index is 2.16. The summed E-state index contributed by atoms with van der Waals surface area (Å²) < 4.78 is 6.07. The molecule has 1 heterocycles. The van der Waals surface area contributed by atoms with E-state index >= 15 is 0 Å². The fourth-order valence-corrected chi connectivity index (χ4v) is 4.14. The molecular formula is C22H23Cl2NO5. The van der Waals surface area contributed by atoms with Gasteiger partial charge < -0.3 is 19.8 Å². The Bertz CT molecular complexity index is 901. The Morgan fingerprint density at radius 3 is 2.40 bits per heavy atom. The number of aliphatic carboxylic acids is 1. The van der Waals surface area contributed by atoms with E-state index in [0.29, 0.717) is 22.0 Å². The molecule has 0 radical (unpaired) electrons. The Hall–Kier alpha value is -2.12. The minimum atomic E-state index is -1.17. The molecule has 8 heteroatoms. The number of morpholine rings is 1. The molecule has 0 saturated carbocycles. The lowest BCUT2D eigenvalue weighted by atomic mass is 9.89. The zero-order valence-corrected chi connectivity index (χ0v) is 17.9. The molecule has 2 aromatic rings. The first kappa shape index (κ1) is 22.6. The highest BCUT2D eigenvalue weighted by Crippen LogP contribution is 2.44. The van der Waals surface area contributed by atoms with Gasteiger partial charge >= 0.3 is 5.97 Å². The summed E-state index contributed by atoms with van der Waals surface area (Å²) in [6.45, 7) is 1.61. The molecule has 2 N–H and O–H groups in total. The van der Waals surface area contributed by atoms with Crippen molar-refractivity contribution in [2.45, 2.75) is 44.1 Å². The average molecular weight is 452 g/mol. The largest absolute Gasteiger partial charge is 0.481 e. The number of halogens is 2. The van der Waals surface area contributed by atoms with Crippen LogP contribution in [0.4, 0.5) is 0 Å². The molecule has 1 aliphatic heterocycles. The lowest BCUT2D eigenvalue weighted by Crippen LogP contribution is -2.56. The number of carboxylic acids is 1. The normalized spacial score (nSPS) is 22.7. The van der Waals surface area contributed by atoms with Crippen molar-refractivity contribution in [3.63, 3.8) is 0 Å². The van der Waals surface area contributed by atoms with Crippen LogP contribution in [0.5, 0.6) is 0 Å². The summed E-state index contributed by atoms with van der Waals surface area (Å²) in [7, 11) is 0. The number of rotatable bonds is 7. The van der Waals surface area contributed by atoms with Gasteiger partial charge in [0.1, 0.15) is 12.2 Å². The number of nitrogens with zero attached hydrogens (tertiary/aromatic N) is 1. The van der Waals surface area contributed by atoms with Crippen LogP contribution in [0.25, 0.3) is 0 Å². The van der Waals surface area contributed by atoms with E-state index in [1.165, 1.54) is 0 Å². The third kappa shape index (κ3) is 4.78. The van der Waals surface area contributed by atoms with Crippen LogP contribution < -0.4 is 0 Å². The number of benzene rings is 2. The number of carbonyl (C=O) groups is 2. The molecule has 1 saturated heterocycles. The topological polar surface area (TPSA) is 87.1 Å². The van der Waals surface area contributed by atoms with Gasteiger partial charge in [0.15, 0.2) is 0 Å². The first-order chi connectivity index (χ1) is 14.3. The summed E-state index contributed by atoms with van der Waals surface area (Å²) in [4.78, 5) is 26.2. The van der Waals surface area contributed by atoms with Crippen LogP contribution in [0, 0.1) is 0 Å². The molecule has 0 aromatic heterocycles. The van der Waals surface area contributed by atoms with Crippen molar-refractivity contribution >= 4 is 35.1 Å². The average Bonchev–Trinajstić information content (AvgIpc) is 2.71. The van der Waals surface area contributed by atoms with Crippen LogP contribution in [-0.4, -0.2) is 45.7 Å². The van der Waals surface area contributed by atoms with Gasteiger partial charge in [0.05, 0.1) is 25.1 Å². The Labute approximate surface area is 185 Å². The smallest absolute Gasteiger partial charge is 0.306 e. The lowest BCUT2D eigenvalue weighted by Gasteiger charge is -2.47. The zero-order chi connectivity index (χ0) is 21.8. The van der Waals surface area contributed by atoms with Crippen molar-refractivity contribution in [1.29, 1.82) is 0 Å². The third-order valence-electron chi connectivity index (χ3n) is 5.25. The van der Waals surface area contributed by atoms with E-state index in [1.807, 2.05) is 13.0 Å². The van der Waals surface area contributed by atoms with E-state index in [4.69, 9.17) is 27.9 Å². The number of carboxylic acid groups (broad SMARTS) is 1. The Morgan fingerprint density at radius 1 is 1.13 bits per heavy atom. The highest BCUT2D eigenvalue weighted by atomic mass is 35.5. The van der Waals surface area contributed by atoms with Crippen LogP contribution in [-0.2, 0) is 14.3 Å².